The molecule has 1 amide bonds. The number of hydrogen-bond acceptors (Lipinski definition) is 3. The molecule has 3 rings (SSSR count). The van der Waals surface area contributed by atoms with E-state index in [1.165, 1.54) is 10.4 Å². The van der Waals surface area contributed by atoms with Gasteiger partial charge in [0.2, 0.25) is 15.9 Å². The molecule has 0 saturated carbocycles. The van der Waals surface area contributed by atoms with Gasteiger partial charge in [-0.25, -0.2) is 8.42 Å². The van der Waals surface area contributed by atoms with Crippen molar-refractivity contribution in [3.63, 3.8) is 0 Å². The van der Waals surface area contributed by atoms with Crippen molar-refractivity contribution in [1.82, 2.24) is 4.31 Å². The van der Waals surface area contributed by atoms with E-state index in [9.17, 15) is 13.2 Å². The molecular formula is C20H22N2O3S. The number of benzene rings is 2. The zero-order valence-electron chi connectivity index (χ0n) is 14.5. The van der Waals surface area contributed by atoms with Crippen molar-refractivity contribution in [2.24, 2.45) is 0 Å². The summed E-state index contributed by atoms with van der Waals surface area (Å²) in [4.78, 5) is 12.3. The van der Waals surface area contributed by atoms with E-state index in [1.807, 2.05) is 30.3 Å². The second kappa shape index (κ2) is 8.29. The van der Waals surface area contributed by atoms with Crippen molar-refractivity contribution in [3.8, 4) is 0 Å². The molecular weight excluding hydrogens is 348 g/mol. The van der Waals surface area contributed by atoms with E-state index in [4.69, 9.17) is 0 Å². The number of hydrogen-bond donors (Lipinski definition) is 1. The first-order valence-electron chi connectivity index (χ1n) is 8.70. The van der Waals surface area contributed by atoms with E-state index in [0.717, 1.165) is 24.8 Å². The number of nitrogens with zero attached hydrogens (tertiary/aromatic N) is 1. The van der Waals surface area contributed by atoms with Crippen molar-refractivity contribution in [2.45, 2.75) is 24.2 Å². The smallest absolute Gasteiger partial charge is 0.248 e. The van der Waals surface area contributed by atoms with Gasteiger partial charge in [0, 0.05) is 24.9 Å². The lowest BCUT2D eigenvalue weighted by atomic mass is 10.2. The fraction of sp³-hybridized carbons (Fsp3) is 0.250. The van der Waals surface area contributed by atoms with Crippen LogP contribution in [0.5, 0.6) is 0 Å². The zero-order chi connectivity index (χ0) is 18.4. The standard InChI is InChI=1S/C20H22N2O3S/c23-20(14-9-17-7-3-1-4-8-17)21-18-10-12-19(13-11-18)26(24,25)22-15-5-2-6-16-22/h1,3-4,7-14H,2,5-6,15-16H2,(H,21,23)/b14-9+. The van der Waals surface area contributed by atoms with Gasteiger partial charge < -0.3 is 5.32 Å². The minimum atomic E-state index is -3.45. The Kier molecular flexibility index (Phi) is 5.85. The molecule has 0 spiro atoms. The van der Waals surface area contributed by atoms with Crippen LogP contribution >= 0.6 is 0 Å². The topological polar surface area (TPSA) is 66.5 Å². The molecule has 0 aromatic heterocycles. The summed E-state index contributed by atoms with van der Waals surface area (Å²) in [5, 5.41) is 2.74. The first-order chi connectivity index (χ1) is 12.6. The summed E-state index contributed by atoms with van der Waals surface area (Å²) in [5.41, 5.74) is 1.50. The Labute approximate surface area is 154 Å². The van der Waals surface area contributed by atoms with Crippen LogP contribution < -0.4 is 5.32 Å². The van der Waals surface area contributed by atoms with Gasteiger partial charge in [0.15, 0.2) is 0 Å². The Bertz CT molecular complexity index is 869. The number of nitrogens with one attached hydrogen (secondary N) is 1. The average Bonchev–Trinajstić information content (AvgIpc) is 2.68. The Hall–Kier alpha value is -2.44. The first-order valence-corrected chi connectivity index (χ1v) is 10.1. The number of amides is 1. The van der Waals surface area contributed by atoms with Gasteiger partial charge in [-0.1, -0.05) is 36.8 Å². The van der Waals surface area contributed by atoms with Gasteiger partial charge in [-0.05, 0) is 48.7 Å². The summed E-state index contributed by atoms with van der Waals surface area (Å²) in [6.07, 6.45) is 6.06. The van der Waals surface area contributed by atoms with Gasteiger partial charge in [0.1, 0.15) is 0 Å². The van der Waals surface area contributed by atoms with Crippen molar-refractivity contribution >= 4 is 27.7 Å². The lowest BCUT2D eigenvalue weighted by Gasteiger charge is -2.25. The van der Waals surface area contributed by atoms with Crippen LogP contribution in [0.1, 0.15) is 24.8 Å². The van der Waals surface area contributed by atoms with Crippen LogP contribution in [0.15, 0.2) is 65.6 Å². The van der Waals surface area contributed by atoms with Crippen LogP contribution in [0.4, 0.5) is 5.69 Å². The van der Waals surface area contributed by atoms with E-state index in [1.54, 1.807) is 30.3 Å². The molecule has 1 N–H and O–H groups in total. The Morgan fingerprint density at radius 1 is 0.923 bits per heavy atom. The molecule has 2 aromatic rings. The van der Waals surface area contributed by atoms with Gasteiger partial charge >= 0.3 is 0 Å². The van der Waals surface area contributed by atoms with E-state index in [-0.39, 0.29) is 10.8 Å². The second-order valence-corrected chi connectivity index (χ2v) is 8.16. The van der Waals surface area contributed by atoms with Crippen LogP contribution in [0, 0.1) is 0 Å². The molecule has 2 aromatic carbocycles. The van der Waals surface area contributed by atoms with Crippen LogP contribution in [0.3, 0.4) is 0 Å². The maximum Gasteiger partial charge on any atom is 0.248 e. The number of carbonyl (C=O) groups is 1. The predicted molar refractivity (Wildman–Crippen MR) is 103 cm³/mol. The number of carbonyl (C=O) groups excluding carboxylic acids is 1. The van der Waals surface area contributed by atoms with Crippen LogP contribution in [0.25, 0.3) is 6.08 Å². The summed E-state index contributed by atoms with van der Waals surface area (Å²) >= 11 is 0. The highest BCUT2D eigenvalue weighted by atomic mass is 32.2. The highest BCUT2D eigenvalue weighted by Gasteiger charge is 2.25. The molecule has 0 radical (unpaired) electrons. The van der Waals surface area contributed by atoms with Gasteiger partial charge in [0.25, 0.3) is 0 Å². The molecule has 0 bridgehead atoms. The third kappa shape index (κ3) is 4.59. The molecule has 6 heteroatoms. The van der Waals surface area contributed by atoms with E-state index in [0.29, 0.717) is 18.8 Å². The number of rotatable bonds is 5. The zero-order valence-corrected chi connectivity index (χ0v) is 15.3. The van der Waals surface area contributed by atoms with Crippen LogP contribution in [0.2, 0.25) is 0 Å². The second-order valence-electron chi connectivity index (χ2n) is 6.22. The SMILES string of the molecule is O=C(/C=C/c1ccccc1)Nc1ccc(S(=O)(=O)N2CCCCC2)cc1. The molecule has 0 unspecified atom stereocenters. The third-order valence-corrected chi connectivity index (χ3v) is 6.21. The predicted octanol–water partition coefficient (Wildman–Crippen LogP) is 3.51. The fourth-order valence-corrected chi connectivity index (χ4v) is 4.40. The number of piperidine rings is 1. The molecule has 26 heavy (non-hydrogen) atoms. The molecule has 5 nitrogen and oxygen atoms in total. The Morgan fingerprint density at radius 3 is 2.23 bits per heavy atom. The average molecular weight is 370 g/mol. The Morgan fingerprint density at radius 2 is 1.58 bits per heavy atom. The number of anilines is 1. The fourth-order valence-electron chi connectivity index (χ4n) is 2.88. The van der Waals surface area contributed by atoms with E-state index >= 15 is 0 Å². The maximum atomic E-state index is 12.6. The molecule has 1 aliphatic heterocycles. The van der Waals surface area contributed by atoms with Gasteiger partial charge in [0.05, 0.1) is 4.90 Å². The maximum absolute atomic E-state index is 12.6. The lowest BCUT2D eigenvalue weighted by Crippen LogP contribution is -2.35. The van der Waals surface area contributed by atoms with Crippen molar-refractivity contribution < 1.29 is 13.2 Å². The molecule has 136 valence electrons. The van der Waals surface area contributed by atoms with Gasteiger partial charge in [-0.3, -0.25) is 4.79 Å². The quantitative estimate of drug-likeness (QED) is 0.819. The molecule has 1 heterocycles. The summed E-state index contributed by atoms with van der Waals surface area (Å²) in [6.45, 7) is 1.15. The lowest BCUT2D eigenvalue weighted by molar-refractivity contribution is -0.111. The third-order valence-electron chi connectivity index (χ3n) is 4.30. The minimum absolute atomic E-state index is 0.261. The van der Waals surface area contributed by atoms with Crippen LogP contribution in [-0.2, 0) is 14.8 Å². The monoisotopic (exact) mass is 370 g/mol. The summed E-state index contributed by atoms with van der Waals surface area (Å²) in [6, 6.07) is 15.8. The molecule has 1 fully saturated rings. The van der Waals surface area contributed by atoms with E-state index in [2.05, 4.69) is 5.32 Å². The van der Waals surface area contributed by atoms with Gasteiger partial charge in [-0.15, -0.1) is 0 Å². The van der Waals surface area contributed by atoms with Crippen molar-refractivity contribution in [3.05, 3.63) is 66.2 Å². The minimum Gasteiger partial charge on any atom is -0.323 e. The molecule has 0 aliphatic carbocycles. The highest BCUT2D eigenvalue weighted by molar-refractivity contribution is 7.89. The van der Waals surface area contributed by atoms with E-state index < -0.39 is 10.0 Å². The highest BCUT2D eigenvalue weighted by Crippen LogP contribution is 2.22. The molecule has 1 aliphatic rings. The number of sulfonamides is 1. The first kappa shape index (κ1) is 18.4. The van der Waals surface area contributed by atoms with Gasteiger partial charge in [-0.2, -0.15) is 4.31 Å². The summed E-state index contributed by atoms with van der Waals surface area (Å²) < 4.78 is 26.7. The summed E-state index contributed by atoms with van der Waals surface area (Å²) in [7, 11) is -3.45. The molecule has 1 saturated heterocycles. The largest absolute Gasteiger partial charge is 0.323 e. The Balaban J connectivity index is 1.64. The van der Waals surface area contributed by atoms with Crippen LogP contribution in [-0.4, -0.2) is 31.7 Å². The van der Waals surface area contributed by atoms with Crippen molar-refractivity contribution in [1.29, 1.82) is 0 Å². The normalized spacial score (nSPS) is 15.8. The van der Waals surface area contributed by atoms with Crippen molar-refractivity contribution in [2.75, 3.05) is 18.4 Å². The molecule has 0 atom stereocenters. The summed E-state index contributed by atoms with van der Waals surface area (Å²) in [5.74, 6) is -0.263.